The van der Waals surface area contributed by atoms with Gasteiger partial charge in [-0.25, -0.2) is 4.68 Å². The summed E-state index contributed by atoms with van der Waals surface area (Å²) in [4.78, 5) is 27.4. The van der Waals surface area contributed by atoms with Gasteiger partial charge >= 0.3 is 0 Å². The van der Waals surface area contributed by atoms with Crippen LogP contribution < -0.4 is 5.56 Å². The Labute approximate surface area is 183 Å². The number of carbonyl (C=O) groups excluding carboxylic acids is 1. The monoisotopic (exact) mass is 415 g/mol. The lowest BCUT2D eigenvalue weighted by Crippen LogP contribution is -2.42. The van der Waals surface area contributed by atoms with Gasteiger partial charge in [-0.15, -0.1) is 0 Å². The van der Waals surface area contributed by atoms with E-state index in [-0.39, 0.29) is 17.4 Å². The first kappa shape index (κ1) is 21.0. The number of hydrogen-bond acceptors (Lipinski definition) is 3. The Balaban J connectivity index is 1.41. The van der Waals surface area contributed by atoms with Crippen LogP contribution in [-0.4, -0.2) is 33.7 Å². The molecule has 1 aliphatic rings. The molecule has 160 valence electrons. The zero-order chi connectivity index (χ0) is 21.8. The highest BCUT2D eigenvalue weighted by Crippen LogP contribution is 2.24. The fraction of sp³-hybridized carbons (Fsp3) is 0.346. The lowest BCUT2D eigenvalue weighted by molar-refractivity contribution is -0.133. The molecule has 3 aromatic rings. The molecular formula is C26H29N3O2. The number of carbonyl (C=O) groups is 1. The highest BCUT2D eigenvalue weighted by atomic mass is 16.2. The van der Waals surface area contributed by atoms with Gasteiger partial charge in [0.1, 0.15) is 0 Å². The van der Waals surface area contributed by atoms with Gasteiger partial charge in [-0.1, -0.05) is 60.7 Å². The lowest BCUT2D eigenvalue weighted by atomic mass is 9.94. The maximum atomic E-state index is 12.9. The molecule has 1 aliphatic heterocycles. The highest BCUT2D eigenvalue weighted by molar-refractivity contribution is 5.83. The number of aryl methyl sites for hydroxylation is 1. The van der Waals surface area contributed by atoms with E-state index in [1.807, 2.05) is 79.4 Å². The van der Waals surface area contributed by atoms with E-state index in [0.29, 0.717) is 12.5 Å². The molecule has 2 heterocycles. The molecule has 0 bridgehead atoms. The van der Waals surface area contributed by atoms with Crippen molar-refractivity contribution in [1.29, 1.82) is 0 Å². The topological polar surface area (TPSA) is 55.2 Å². The van der Waals surface area contributed by atoms with E-state index in [1.165, 1.54) is 0 Å². The van der Waals surface area contributed by atoms with E-state index in [2.05, 4.69) is 5.10 Å². The second-order valence-corrected chi connectivity index (χ2v) is 8.46. The fourth-order valence-corrected chi connectivity index (χ4v) is 4.33. The first-order valence-corrected chi connectivity index (χ1v) is 11.0. The standard InChI is InChI=1S/C26H29N3O2/c1-19-17-24(30)29(27-25(19)23-11-7-4-8-12-23)18-21-13-15-28(16-14-21)26(31)20(2)22-9-5-3-6-10-22/h3-12,17,20-21H,13-16,18H2,1-2H3. The minimum absolute atomic E-state index is 0.0617. The van der Waals surface area contributed by atoms with Crippen LogP contribution in [0.4, 0.5) is 0 Å². The van der Waals surface area contributed by atoms with Crippen LogP contribution in [0.15, 0.2) is 71.5 Å². The van der Waals surface area contributed by atoms with Gasteiger partial charge in [-0.3, -0.25) is 9.59 Å². The fourth-order valence-electron chi connectivity index (χ4n) is 4.33. The summed E-state index contributed by atoms with van der Waals surface area (Å²) in [6.07, 6.45) is 1.77. The van der Waals surface area contributed by atoms with Crippen molar-refractivity contribution < 1.29 is 4.79 Å². The smallest absolute Gasteiger partial charge is 0.267 e. The Morgan fingerprint density at radius 2 is 1.65 bits per heavy atom. The third-order valence-corrected chi connectivity index (χ3v) is 6.26. The van der Waals surface area contributed by atoms with Crippen molar-refractivity contribution in [2.45, 2.75) is 39.2 Å². The maximum absolute atomic E-state index is 12.9. The van der Waals surface area contributed by atoms with Gasteiger partial charge in [0.05, 0.1) is 11.6 Å². The van der Waals surface area contributed by atoms with Gasteiger partial charge in [-0.2, -0.15) is 5.10 Å². The minimum Gasteiger partial charge on any atom is -0.342 e. The van der Waals surface area contributed by atoms with E-state index in [0.717, 1.165) is 48.3 Å². The molecule has 1 saturated heterocycles. The van der Waals surface area contributed by atoms with Gasteiger partial charge in [0.25, 0.3) is 5.56 Å². The Kier molecular flexibility index (Phi) is 6.31. The Morgan fingerprint density at radius 1 is 1.03 bits per heavy atom. The van der Waals surface area contributed by atoms with Crippen molar-refractivity contribution in [3.8, 4) is 11.3 Å². The lowest BCUT2D eigenvalue weighted by Gasteiger charge is -2.33. The van der Waals surface area contributed by atoms with Crippen molar-refractivity contribution in [3.63, 3.8) is 0 Å². The summed E-state index contributed by atoms with van der Waals surface area (Å²) in [7, 11) is 0. The zero-order valence-electron chi connectivity index (χ0n) is 18.2. The van der Waals surface area contributed by atoms with Gasteiger partial charge < -0.3 is 4.90 Å². The average Bonchev–Trinajstić information content (AvgIpc) is 2.81. The molecule has 1 amide bonds. The number of likely N-dealkylation sites (tertiary alicyclic amines) is 1. The molecule has 1 atom stereocenters. The van der Waals surface area contributed by atoms with Crippen LogP contribution in [0, 0.1) is 12.8 Å². The molecule has 2 aromatic carbocycles. The van der Waals surface area contributed by atoms with E-state index in [9.17, 15) is 9.59 Å². The van der Waals surface area contributed by atoms with Crippen molar-refractivity contribution in [2.75, 3.05) is 13.1 Å². The number of rotatable bonds is 5. The van der Waals surface area contributed by atoms with Crippen molar-refractivity contribution >= 4 is 5.91 Å². The molecule has 1 fully saturated rings. The first-order valence-electron chi connectivity index (χ1n) is 11.0. The molecule has 0 N–H and O–H groups in total. The van der Waals surface area contributed by atoms with E-state index < -0.39 is 0 Å². The van der Waals surface area contributed by atoms with E-state index >= 15 is 0 Å². The molecule has 5 nitrogen and oxygen atoms in total. The zero-order valence-corrected chi connectivity index (χ0v) is 18.2. The van der Waals surface area contributed by atoms with Crippen LogP contribution in [0.5, 0.6) is 0 Å². The minimum atomic E-state index is -0.132. The molecule has 0 spiro atoms. The second kappa shape index (κ2) is 9.29. The summed E-state index contributed by atoms with van der Waals surface area (Å²) in [5, 5.41) is 4.68. The SMILES string of the molecule is Cc1cc(=O)n(CC2CCN(C(=O)C(C)c3ccccc3)CC2)nc1-c1ccccc1. The van der Waals surface area contributed by atoms with E-state index in [1.54, 1.807) is 10.7 Å². The van der Waals surface area contributed by atoms with Gasteiger partial charge in [0, 0.05) is 31.3 Å². The number of piperidine rings is 1. The average molecular weight is 416 g/mol. The number of benzene rings is 2. The van der Waals surface area contributed by atoms with Crippen LogP contribution in [0.2, 0.25) is 0 Å². The van der Waals surface area contributed by atoms with Crippen LogP contribution in [0.1, 0.15) is 36.8 Å². The molecule has 1 unspecified atom stereocenters. The quantitative estimate of drug-likeness (QED) is 0.626. The third-order valence-electron chi connectivity index (χ3n) is 6.26. The summed E-state index contributed by atoms with van der Waals surface area (Å²) in [6.45, 7) is 5.96. The van der Waals surface area contributed by atoms with E-state index in [4.69, 9.17) is 0 Å². The molecule has 5 heteroatoms. The Morgan fingerprint density at radius 3 is 2.29 bits per heavy atom. The highest BCUT2D eigenvalue weighted by Gasteiger charge is 2.27. The van der Waals surface area contributed by atoms with Crippen molar-refractivity contribution in [1.82, 2.24) is 14.7 Å². The molecule has 0 radical (unpaired) electrons. The summed E-state index contributed by atoms with van der Waals surface area (Å²) >= 11 is 0. The molecule has 1 aromatic heterocycles. The molecular weight excluding hydrogens is 386 g/mol. The second-order valence-electron chi connectivity index (χ2n) is 8.46. The largest absolute Gasteiger partial charge is 0.342 e. The number of amides is 1. The van der Waals surface area contributed by atoms with Gasteiger partial charge in [0.15, 0.2) is 0 Å². The number of nitrogens with zero attached hydrogens (tertiary/aromatic N) is 3. The maximum Gasteiger partial charge on any atom is 0.267 e. The van der Waals surface area contributed by atoms with Crippen LogP contribution in [0.3, 0.4) is 0 Å². The molecule has 31 heavy (non-hydrogen) atoms. The number of hydrogen-bond donors (Lipinski definition) is 0. The predicted octanol–water partition coefficient (Wildman–Crippen LogP) is 4.26. The van der Waals surface area contributed by atoms with Gasteiger partial charge in [0.2, 0.25) is 5.91 Å². The first-order chi connectivity index (χ1) is 15.0. The Hall–Kier alpha value is -3.21. The van der Waals surface area contributed by atoms with Crippen molar-refractivity contribution in [3.05, 3.63) is 88.2 Å². The predicted molar refractivity (Wildman–Crippen MR) is 123 cm³/mol. The normalized spacial score (nSPS) is 15.6. The summed E-state index contributed by atoms with van der Waals surface area (Å²) < 4.78 is 1.60. The molecule has 0 aliphatic carbocycles. The summed E-state index contributed by atoms with van der Waals surface area (Å²) in [5.74, 6) is 0.391. The van der Waals surface area contributed by atoms with Crippen LogP contribution in [-0.2, 0) is 11.3 Å². The third kappa shape index (κ3) is 4.76. The summed E-state index contributed by atoms with van der Waals surface area (Å²) in [6, 6.07) is 21.6. The molecule has 4 rings (SSSR count). The Bertz CT molecular complexity index is 1080. The number of aromatic nitrogens is 2. The summed E-state index contributed by atoms with van der Waals surface area (Å²) in [5.41, 5.74) is 3.75. The molecule has 0 saturated carbocycles. The van der Waals surface area contributed by atoms with Crippen LogP contribution >= 0.6 is 0 Å². The van der Waals surface area contributed by atoms with Crippen molar-refractivity contribution in [2.24, 2.45) is 5.92 Å². The van der Waals surface area contributed by atoms with Gasteiger partial charge in [-0.05, 0) is 43.7 Å². The van der Waals surface area contributed by atoms with Crippen LogP contribution in [0.25, 0.3) is 11.3 Å².